The molecule has 19 heavy (non-hydrogen) atoms. The summed E-state index contributed by atoms with van der Waals surface area (Å²) in [5, 5.41) is 0. The van der Waals surface area contributed by atoms with Crippen molar-refractivity contribution in [2.45, 2.75) is 31.1 Å². The van der Waals surface area contributed by atoms with E-state index in [1.165, 1.54) is 5.56 Å². The molecule has 1 aliphatic rings. The molecule has 1 heterocycles. The summed E-state index contributed by atoms with van der Waals surface area (Å²) >= 11 is 6.70. The smallest absolute Gasteiger partial charge is 0.409 e. The number of ether oxygens (including phenoxy) is 1. The molecule has 0 radical (unpaired) electrons. The third-order valence-corrected chi connectivity index (χ3v) is 3.86. The summed E-state index contributed by atoms with van der Waals surface area (Å²) < 4.78 is 5.05. The second-order valence-electron chi connectivity index (χ2n) is 5.04. The van der Waals surface area contributed by atoms with E-state index < -0.39 is 0 Å². The fraction of sp³-hybridized carbons (Fsp3) is 0.533. The van der Waals surface area contributed by atoms with Gasteiger partial charge >= 0.3 is 6.09 Å². The Hall–Kier alpha value is -1.22. The molecule has 1 saturated heterocycles. The molecule has 0 saturated carbocycles. The highest BCUT2D eigenvalue weighted by Gasteiger charge is 2.35. The van der Waals surface area contributed by atoms with Crippen LogP contribution in [0.2, 0.25) is 0 Å². The SMILES string of the molecule is CCOC(=O)N1CCC[C@@](Cl)(Cc2ccccc2)C1. The number of rotatable bonds is 3. The van der Waals surface area contributed by atoms with Gasteiger partial charge in [0.2, 0.25) is 0 Å². The van der Waals surface area contributed by atoms with E-state index in [9.17, 15) is 4.79 Å². The van der Waals surface area contributed by atoms with Gasteiger partial charge in [-0.1, -0.05) is 30.3 Å². The van der Waals surface area contributed by atoms with Crippen LogP contribution in [0.4, 0.5) is 4.79 Å². The first-order valence-corrected chi connectivity index (χ1v) is 7.15. The molecule has 1 fully saturated rings. The van der Waals surface area contributed by atoms with Crippen molar-refractivity contribution < 1.29 is 9.53 Å². The molecule has 2 rings (SSSR count). The summed E-state index contributed by atoms with van der Waals surface area (Å²) in [7, 11) is 0. The minimum atomic E-state index is -0.369. The molecule has 0 spiro atoms. The molecule has 0 N–H and O–H groups in total. The molecule has 0 aromatic heterocycles. The quantitative estimate of drug-likeness (QED) is 0.794. The molecule has 0 unspecified atom stereocenters. The van der Waals surface area contributed by atoms with Gasteiger partial charge in [-0.15, -0.1) is 11.6 Å². The molecule has 3 nitrogen and oxygen atoms in total. The lowest BCUT2D eigenvalue weighted by molar-refractivity contribution is 0.0919. The molecular weight excluding hydrogens is 262 g/mol. The molecule has 0 bridgehead atoms. The van der Waals surface area contributed by atoms with Gasteiger partial charge in [0, 0.05) is 13.1 Å². The number of benzene rings is 1. The van der Waals surface area contributed by atoms with E-state index in [4.69, 9.17) is 16.3 Å². The lowest BCUT2D eigenvalue weighted by Crippen LogP contribution is -2.48. The maximum atomic E-state index is 11.8. The zero-order valence-corrected chi connectivity index (χ0v) is 12.0. The molecule has 1 aliphatic heterocycles. The Balaban J connectivity index is 2.00. The molecule has 0 aliphatic carbocycles. The van der Waals surface area contributed by atoms with Crippen LogP contribution in [-0.4, -0.2) is 35.6 Å². The molecule has 1 amide bonds. The fourth-order valence-electron chi connectivity index (χ4n) is 2.56. The largest absolute Gasteiger partial charge is 0.450 e. The average Bonchev–Trinajstić information content (AvgIpc) is 2.39. The number of alkyl halides is 1. The van der Waals surface area contributed by atoms with Gasteiger partial charge in [-0.3, -0.25) is 0 Å². The zero-order chi connectivity index (χ0) is 13.7. The van der Waals surface area contributed by atoms with Gasteiger partial charge in [0.15, 0.2) is 0 Å². The fourth-order valence-corrected chi connectivity index (χ4v) is 3.00. The van der Waals surface area contributed by atoms with Gasteiger partial charge < -0.3 is 9.64 Å². The van der Waals surface area contributed by atoms with Crippen molar-refractivity contribution in [3.8, 4) is 0 Å². The molecular formula is C15H20ClNO2. The predicted molar refractivity (Wildman–Crippen MR) is 76.6 cm³/mol. The Morgan fingerprint density at radius 2 is 2.16 bits per heavy atom. The van der Waals surface area contributed by atoms with Crippen LogP contribution in [0.1, 0.15) is 25.3 Å². The Kier molecular flexibility index (Phi) is 4.70. The number of carbonyl (C=O) groups is 1. The Bertz CT molecular complexity index is 423. The minimum Gasteiger partial charge on any atom is -0.450 e. The highest BCUT2D eigenvalue weighted by atomic mass is 35.5. The standard InChI is InChI=1S/C15H20ClNO2/c1-2-19-14(18)17-10-6-9-15(16,12-17)11-13-7-4-3-5-8-13/h3-5,7-8H,2,6,9-12H2,1H3/t15-/m1/s1. The second-order valence-corrected chi connectivity index (χ2v) is 5.84. The first kappa shape index (κ1) is 14.2. The van der Waals surface area contributed by atoms with Gasteiger partial charge in [-0.2, -0.15) is 0 Å². The third-order valence-electron chi connectivity index (χ3n) is 3.42. The summed E-state index contributed by atoms with van der Waals surface area (Å²) in [5.41, 5.74) is 1.21. The summed E-state index contributed by atoms with van der Waals surface area (Å²) in [6.45, 7) is 3.52. The number of hydrogen-bond acceptors (Lipinski definition) is 2. The van der Waals surface area contributed by atoms with Gasteiger partial charge in [-0.05, 0) is 31.7 Å². The topological polar surface area (TPSA) is 29.5 Å². The monoisotopic (exact) mass is 281 g/mol. The first-order chi connectivity index (χ1) is 9.13. The van der Waals surface area contributed by atoms with Crippen molar-refractivity contribution in [1.29, 1.82) is 0 Å². The van der Waals surface area contributed by atoms with Crippen molar-refractivity contribution in [3.05, 3.63) is 35.9 Å². The molecule has 1 atom stereocenters. The van der Waals surface area contributed by atoms with Crippen molar-refractivity contribution in [2.75, 3.05) is 19.7 Å². The van der Waals surface area contributed by atoms with Gasteiger partial charge in [0.25, 0.3) is 0 Å². The maximum Gasteiger partial charge on any atom is 0.409 e. The highest BCUT2D eigenvalue weighted by Crippen LogP contribution is 2.31. The number of carbonyl (C=O) groups excluding carboxylic acids is 1. The Labute approximate surface area is 119 Å². The van der Waals surface area contributed by atoms with E-state index in [1.807, 2.05) is 25.1 Å². The van der Waals surface area contributed by atoms with E-state index in [1.54, 1.807) is 4.90 Å². The number of nitrogens with zero attached hydrogens (tertiary/aromatic N) is 1. The van der Waals surface area contributed by atoms with E-state index in [2.05, 4.69) is 12.1 Å². The van der Waals surface area contributed by atoms with Crippen LogP contribution in [-0.2, 0) is 11.2 Å². The summed E-state index contributed by atoms with van der Waals surface area (Å²) in [6.07, 6.45) is 2.39. The number of amides is 1. The van der Waals surface area contributed by atoms with Crippen molar-refractivity contribution in [1.82, 2.24) is 4.90 Å². The van der Waals surface area contributed by atoms with Crippen LogP contribution in [0.3, 0.4) is 0 Å². The van der Waals surface area contributed by atoms with Crippen LogP contribution in [0.15, 0.2) is 30.3 Å². The number of likely N-dealkylation sites (tertiary alicyclic amines) is 1. The van der Waals surface area contributed by atoms with Crippen LogP contribution in [0, 0.1) is 0 Å². The van der Waals surface area contributed by atoms with Crippen LogP contribution < -0.4 is 0 Å². The Morgan fingerprint density at radius 1 is 1.42 bits per heavy atom. The van der Waals surface area contributed by atoms with Crippen molar-refractivity contribution in [3.63, 3.8) is 0 Å². The van der Waals surface area contributed by atoms with Gasteiger partial charge in [-0.25, -0.2) is 4.79 Å². The maximum absolute atomic E-state index is 11.8. The molecule has 4 heteroatoms. The summed E-state index contributed by atoms with van der Waals surface area (Å²) in [6, 6.07) is 10.2. The van der Waals surface area contributed by atoms with E-state index in [0.717, 1.165) is 25.8 Å². The van der Waals surface area contributed by atoms with Crippen LogP contribution >= 0.6 is 11.6 Å². The van der Waals surface area contributed by atoms with Crippen molar-refractivity contribution >= 4 is 17.7 Å². The summed E-state index contributed by atoms with van der Waals surface area (Å²) in [4.78, 5) is 13.1. The lowest BCUT2D eigenvalue weighted by atomic mass is 9.90. The normalized spacial score (nSPS) is 23.2. The van der Waals surface area contributed by atoms with Crippen LogP contribution in [0.5, 0.6) is 0 Å². The molecule has 1 aromatic carbocycles. The molecule has 104 valence electrons. The first-order valence-electron chi connectivity index (χ1n) is 6.77. The minimum absolute atomic E-state index is 0.250. The van der Waals surface area contributed by atoms with Gasteiger partial charge in [0.05, 0.1) is 11.5 Å². The second kappa shape index (κ2) is 6.29. The average molecular weight is 282 g/mol. The van der Waals surface area contributed by atoms with E-state index in [0.29, 0.717) is 13.2 Å². The zero-order valence-electron chi connectivity index (χ0n) is 11.3. The number of halogens is 1. The summed E-state index contributed by atoms with van der Waals surface area (Å²) in [5.74, 6) is 0. The third kappa shape index (κ3) is 3.87. The van der Waals surface area contributed by atoms with E-state index in [-0.39, 0.29) is 11.0 Å². The van der Waals surface area contributed by atoms with Crippen molar-refractivity contribution in [2.24, 2.45) is 0 Å². The molecule has 1 aromatic rings. The predicted octanol–water partition coefficient (Wildman–Crippen LogP) is 3.46. The number of piperidine rings is 1. The highest BCUT2D eigenvalue weighted by molar-refractivity contribution is 6.24. The number of hydrogen-bond donors (Lipinski definition) is 0. The lowest BCUT2D eigenvalue weighted by Gasteiger charge is -2.38. The van der Waals surface area contributed by atoms with E-state index >= 15 is 0 Å². The Morgan fingerprint density at radius 3 is 2.84 bits per heavy atom. The van der Waals surface area contributed by atoms with Gasteiger partial charge in [0.1, 0.15) is 0 Å². The van der Waals surface area contributed by atoms with Crippen LogP contribution in [0.25, 0.3) is 0 Å².